The van der Waals surface area contributed by atoms with Crippen LogP contribution in [0.2, 0.25) is 0 Å². The molecular weight excluding hydrogens is 260 g/mol. The third-order valence-corrected chi connectivity index (χ3v) is 4.00. The first-order chi connectivity index (χ1) is 9.73. The van der Waals surface area contributed by atoms with Gasteiger partial charge in [-0.25, -0.2) is 0 Å². The number of hydrogen-bond acceptors (Lipinski definition) is 2. The second kappa shape index (κ2) is 5.53. The predicted molar refractivity (Wildman–Crippen MR) is 86.8 cm³/mol. The Labute approximate surface area is 127 Å². The highest BCUT2D eigenvalue weighted by Gasteiger charge is 2.28. The standard InChI is InChI=1S/C19H24O2/c1-12-11-15(20)16(17(13(12)2)19(3,4)5)18(21)14-9-7-6-8-10-14/h6-11,18,20-21H,1-5H3. The molecule has 2 rings (SSSR count). The maximum absolute atomic E-state index is 10.8. The zero-order valence-corrected chi connectivity index (χ0v) is 13.4. The number of aliphatic hydroxyl groups is 1. The molecular formula is C19H24O2. The smallest absolute Gasteiger partial charge is 0.122 e. The van der Waals surface area contributed by atoms with Crippen LogP contribution in [0.3, 0.4) is 0 Å². The van der Waals surface area contributed by atoms with Crippen molar-refractivity contribution in [2.24, 2.45) is 0 Å². The van der Waals surface area contributed by atoms with E-state index in [-0.39, 0.29) is 11.2 Å². The summed E-state index contributed by atoms with van der Waals surface area (Å²) in [6.45, 7) is 10.4. The van der Waals surface area contributed by atoms with Crippen molar-refractivity contribution >= 4 is 0 Å². The number of aliphatic hydroxyl groups excluding tert-OH is 1. The largest absolute Gasteiger partial charge is 0.508 e. The maximum atomic E-state index is 10.8. The van der Waals surface area contributed by atoms with Gasteiger partial charge < -0.3 is 10.2 Å². The van der Waals surface area contributed by atoms with E-state index in [9.17, 15) is 10.2 Å². The lowest BCUT2D eigenvalue weighted by Gasteiger charge is -2.29. The van der Waals surface area contributed by atoms with Gasteiger partial charge in [0.05, 0.1) is 0 Å². The molecule has 1 unspecified atom stereocenters. The van der Waals surface area contributed by atoms with Gasteiger partial charge in [-0.15, -0.1) is 0 Å². The van der Waals surface area contributed by atoms with E-state index in [1.54, 1.807) is 6.07 Å². The zero-order chi connectivity index (χ0) is 15.8. The summed E-state index contributed by atoms with van der Waals surface area (Å²) in [7, 11) is 0. The van der Waals surface area contributed by atoms with Crippen molar-refractivity contribution in [3.8, 4) is 5.75 Å². The maximum Gasteiger partial charge on any atom is 0.122 e. The number of phenolic OH excluding ortho intramolecular Hbond substituents is 1. The van der Waals surface area contributed by atoms with E-state index in [0.29, 0.717) is 5.56 Å². The van der Waals surface area contributed by atoms with Gasteiger partial charge in [-0.05, 0) is 47.6 Å². The van der Waals surface area contributed by atoms with E-state index in [1.165, 1.54) is 0 Å². The Kier molecular flexibility index (Phi) is 4.11. The van der Waals surface area contributed by atoms with Gasteiger partial charge in [0.15, 0.2) is 0 Å². The lowest BCUT2D eigenvalue weighted by molar-refractivity contribution is 0.212. The molecule has 21 heavy (non-hydrogen) atoms. The Morgan fingerprint density at radius 1 is 1.00 bits per heavy atom. The average molecular weight is 284 g/mol. The molecule has 0 aliphatic heterocycles. The molecule has 0 saturated carbocycles. The molecule has 0 heterocycles. The van der Waals surface area contributed by atoms with Crippen LogP contribution >= 0.6 is 0 Å². The topological polar surface area (TPSA) is 40.5 Å². The number of benzene rings is 2. The van der Waals surface area contributed by atoms with Crippen molar-refractivity contribution < 1.29 is 10.2 Å². The number of aryl methyl sites for hydroxylation is 1. The minimum atomic E-state index is -0.820. The van der Waals surface area contributed by atoms with Crippen molar-refractivity contribution in [1.82, 2.24) is 0 Å². The fraction of sp³-hybridized carbons (Fsp3) is 0.368. The summed E-state index contributed by atoms with van der Waals surface area (Å²) in [6.07, 6.45) is -0.820. The van der Waals surface area contributed by atoms with Crippen molar-refractivity contribution in [1.29, 1.82) is 0 Å². The summed E-state index contributed by atoms with van der Waals surface area (Å²) in [5, 5.41) is 21.2. The summed E-state index contributed by atoms with van der Waals surface area (Å²) < 4.78 is 0. The third-order valence-electron chi connectivity index (χ3n) is 4.00. The lowest BCUT2D eigenvalue weighted by Crippen LogP contribution is -2.19. The Bertz CT molecular complexity index is 637. The van der Waals surface area contributed by atoms with Gasteiger partial charge in [0, 0.05) is 5.56 Å². The Morgan fingerprint density at radius 2 is 1.57 bits per heavy atom. The molecule has 0 fully saturated rings. The molecule has 112 valence electrons. The van der Waals surface area contributed by atoms with E-state index in [1.807, 2.05) is 37.3 Å². The Balaban J connectivity index is 2.71. The minimum absolute atomic E-state index is 0.154. The fourth-order valence-corrected chi connectivity index (χ4v) is 2.96. The molecule has 0 spiro atoms. The van der Waals surface area contributed by atoms with Gasteiger partial charge in [0.25, 0.3) is 0 Å². The van der Waals surface area contributed by atoms with E-state index < -0.39 is 6.10 Å². The van der Waals surface area contributed by atoms with Crippen LogP contribution in [-0.2, 0) is 5.41 Å². The first kappa shape index (κ1) is 15.6. The van der Waals surface area contributed by atoms with Crippen molar-refractivity contribution in [3.05, 3.63) is 64.2 Å². The van der Waals surface area contributed by atoms with Crippen LogP contribution in [0, 0.1) is 13.8 Å². The molecule has 2 nitrogen and oxygen atoms in total. The van der Waals surface area contributed by atoms with Crippen LogP contribution in [0.4, 0.5) is 0 Å². The Hall–Kier alpha value is -1.80. The van der Waals surface area contributed by atoms with Crippen molar-refractivity contribution in [3.63, 3.8) is 0 Å². The normalized spacial score (nSPS) is 13.2. The zero-order valence-electron chi connectivity index (χ0n) is 13.4. The molecule has 2 N–H and O–H groups in total. The second-order valence-corrected chi connectivity index (χ2v) is 6.69. The highest BCUT2D eigenvalue weighted by Crippen LogP contribution is 2.41. The van der Waals surface area contributed by atoms with Gasteiger partial charge >= 0.3 is 0 Å². The first-order valence-electron chi connectivity index (χ1n) is 7.30. The first-order valence-corrected chi connectivity index (χ1v) is 7.30. The van der Waals surface area contributed by atoms with Gasteiger partial charge in [0.2, 0.25) is 0 Å². The van der Waals surface area contributed by atoms with Gasteiger partial charge in [-0.2, -0.15) is 0 Å². The second-order valence-electron chi connectivity index (χ2n) is 6.69. The molecule has 0 aliphatic carbocycles. The molecule has 2 aromatic rings. The van der Waals surface area contributed by atoms with E-state index in [0.717, 1.165) is 22.3 Å². The van der Waals surface area contributed by atoms with Gasteiger partial charge in [-0.1, -0.05) is 51.1 Å². The summed E-state index contributed by atoms with van der Waals surface area (Å²) >= 11 is 0. The van der Waals surface area contributed by atoms with Crippen LogP contribution in [0.1, 0.15) is 54.7 Å². The quantitative estimate of drug-likeness (QED) is 0.858. The summed E-state index contributed by atoms with van der Waals surface area (Å²) in [5.74, 6) is 0.166. The van der Waals surface area contributed by atoms with Crippen molar-refractivity contribution in [2.45, 2.75) is 46.1 Å². The van der Waals surface area contributed by atoms with Crippen LogP contribution in [0.25, 0.3) is 0 Å². The Morgan fingerprint density at radius 3 is 2.10 bits per heavy atom. The van der Waals surface area contributed by atoms with E-state index in [2.05, 4.69) is 27.7 Å². The summed E-state index contributed by atoms with van der Waals surface area (Å²) in [4.78, 5) is 0. The van der Waals surface area contributed by atoms with E-state index in [4.69, 9.17) is 0 Å². The number of rotatable bonds is 2. The molecule has 0 amide bonds. The molecule has 1 atom stereocenters. The number of aromatic hydroxyl groups is 1. The van der Waals surface area contributed by atoms with E-state index >= 15 is 0 Å². The number of phenols is 1. The molecule has 0 aromatic heterocycles. The monoisotopic (exact) mass is 284 g/mol. The predicted octanol–water partition coefficient (Wildman–Crippen LogP) is 4.39. The van der Waals surface area contributed by atoms with Crippen molar-refractivity contribution in [2.75, 3.05) is 0 Å². The molecule has 0 radical (unpaired) electrons. The minimum Gasteiger partial charge on any atom is -0.508 e. The summed E-state index contributed by atoms with van der Waals surface area (Å²) in [6, 6.07) is 11.2. The number of hydrogen-bond donors (Lipinski definition) is 2. The average Bonchev–Trinajstić information content (AvgIpc) is 2.41. The van der Waals surface area contributed by atoms with Crippen LogP contribution < -0.4 is 0 Å². The third kappa shape index (κ3) is 2.96. The van der Waals surface area contributed by atoms with Gasteiger partial charge in [-0.3, -0.25) is 0 Å². The molecule has 0 saturated heterocycles. The molecule has 2 heteroatoms. The highest BCUT2D eigenvalue weighted by atomic mass is 16.3. The SMILES string of the molecule is Cc1cc(O)c(C(O)c2ccccc2)c(C(C)(C)C)c1C. The van der Waals surface area contributed by atoms with Gasteiger partial charge in [0.1, 0.15) is 11.9 Å². The molecule has 0 bridgehead atoms. The molecule has 2 aromatic carbocycles. The lowest BCUT2D eigenvalue weighted by atomic mass is 9.77. The fourth-order valence-electron chi connectivity index (χ4n) is 2.96. The van der Waals surface area contributed by atoms with Crippen LogP contribution in [-0.4, -0.2) is 10.2 Å². The molecule has 0 aliphatic rings. The highest BCUT2D eigenvalue weighted by molar-refractivity contribution is 5.54. The van der Waals surface area contributed by atoms with Crippen LogP contribution in [0.15, 0.2) is 36.4 Å². The van der Waals surface area contributed by atoms with Crippen LogP contribution in [0.5, 0.6) is 5.75 Å². The summed E-state index contributed by atoms with van der Waals surface area (Å²) in [5.41, 5.74) is 4.46.